The van der Waals surface area contributed by atoms with E-state index in [-0.39, 0.29) is 18.4 Å². The Morgan fingerprint density at radius 1 is 1.14 bits per heavy atom. The molecule has 0 unspecified atom stereocenters. The minimum atomic E-state index is -0.0568. The largest absolute Gasteiger partial charge is 0.493 e. The highest BCUT2D eigenvalue weighted by Crippen LogP contribution is 2.29. The quantitative estimate of drug-likeness (QED) is 0.439. The smallest absolute Gasteiger partial charge is 0.254 e. The van der Waals surface area contributed by atoms with E-state index in [1.165, 1.54) is 0 Å². The van der Waals surface area contributed by atoms with Gasteiger partial charge in [0.05, 0.1) is 26.0 Å². The molecule has 1 aliphatic heterocycles. The molecule has 0 aliphatic carbocycles. The number of aromatic amines is 1. The molecule has 1 saturated heterocycles. The Morgan fingerprint density at radius 2 is 2.09 bits per heavy atom. The summed E-state index contributed by atoms with van der Waals surface area (Å²) < 4.78 is 17.2. The number of aromatic nitrogens is 3. The van der Waals surface area contributed by atoms with Gasteiger partial charge in [-0.2, -0.15) is 0 Å². The van der Waals surface area contributed by atoms with Gasteiger partial charge in [0.25, 0.3) is 5.91 Å². The summed E-state index contributed by atoms with van der Waals surface area (Å²) in [6.45, 7) is 2.51. The van der Waals surface area contributed by atoms with E-state index < -0.39 is 0 Å². The molecule has 0 radical (unpaired) electrons. The molecular weight excluding hydrogens is 444 g/mol. The van der Waals surface area contributed by atoms with Crippen LogP contribution in [-0.2, 0) is 17.8 Å². The fourth-order valence-electron chi connectivity index (χ4n) is 4.31. The second-order valence-corrected chi connectivity index (χ2v) is 8.59. The predicted octanol–water partition coefficient (Wildman–Crippen LogP) is 3.88. The van der Waals surface area contributed by atoms with Gasteiger partial charge in [-0.3, -0.25) is 9.78 Å². The van der Waals surface area contributed by atoms with Crippen LogP contribution in [0.1, 0.15) is 21.7 Å². The Morgan fingerprint density at radius 3 is 2.94 bits per heavy atom. The number of rotatable bonds is 7. The summed E-state index contributed by atoms with van der Waals surface area (Å²) in [4.78, 5) is 27.5. The molecule has 180 valence electrons. The van der Waals surface area contributed by atoms with E-state index >= 15 is 0 Å². The zero-order chi connectivity index (χ0) is 24.0. The second kappa shape index (κ2) is 10.6. The molecule has 8 nitrogen and oxygen atoms in total. The van der Waals surface area contributed by atoms with Gasteiger partial charge in [0.15, 0.2) is 11.5 Å². The summed E-state index contributed by atoms with van der Waals surface area (Å²) in [5, 5.41) is 1.09. The number of benzene rings is 1. The summed E-state index contributed by atoms with van der Waals surface area (Å²) in [5.41, 5.74) is 3.21. The van der Waals surface area contributed by atoms with Crippen molar-refractivity contribution in [3.05, 3.63) is 83.9 Å². The molecule has 0 saturated carbocycles. The zero-order valence-electron chi connectivity index (χ0n) is 19.6. The predicted molar refractivity (Wildman–Crippen MR) is 132 cm³/mol. The van der Waals surface area contributed by atoms with Crippen molar-refractivity contribution in [2.45, 2.75) is 13.0 Å². The molecule has 35 heavy (non-hydrogen) atoms. The number of H-pyrrole nitrogens is 1. The van der Waals surface area contributed by atoms with Crippen molar-refractivity contribution < 1.29 is 19.0 Å². The molecular formula is C27H28N4O4. The molecule has 0 bridgehead atoms. The average Bonchev–Trinajstić information content (AvgIpc) is 3.24. The first-order valence-electron chi connectivity index (χ1n) is 11.7. The van der Waals surface area contributed by atoms with Crippen LogP contribution in [0.25, 0.3) is 11.0 Å². The highest BCUT2D eigenvalue weighted by molar-refractivity contribution is 5.95. The maximum absolute atomic E-state index is 13.5. The van der Waals surface area contributed by atoms with Crippen LogP contribution >= 0.6 is 0 Å². The summed E-state index contributed by atoms with van der Waals surface area (Å²) in [6, 6.07) is 17.1. The van der Waals surface area contributed by atoms with E-state index in [0.717, 1.165) is 28.8 Å². The summed E-state index contributed by atoms with van der Waals surface area (Å²) in [6.07, 6.45) is 4.35. The van der Waals surface area contributed by atoms with Gasteiger partial charge in [-0.1, -0.05) is 6.07 Å². The first kappa shape index (κ1) is 22.9. The van der Waals surface area contributed by atoms with Gasteiger partial charge >= 0.3 is 0 Å². The second-order valence-electron chi connectivity index (χ2n) is 8.59. The van der Waals surface area contributed by atoms with Crippen molar-refractivity contribution in [1.29, 1.82) is 0 Å². The number of carbonyl (C=O) groups is 1. The number of nitrogens with one attached hydrogen (secondary N) is 1. The standard InChI is InChI=1S/C27H28N4O4/c1-33-24-8-6-21(15-25(24)35-18-23-4-2-3-10-28-23)27(32)31-12-13-34-17-19(16-31)14-22-7-5-20-9-11-29-26(20)30-22/h2-11,15,19H,12-14,16-18H2,1H3,(H,29,30)/t19-/m0/s1. The maximum atomic E-state index is 13.5. The van der Waals surface area contributed by atoms with Gasteiger partial charge in [0.1, 0.15) is 12.3 Å². The van der Waals surface area contributed by atoms with Crippen LogP contribution in [0.5, 0.6) is 11.5 Å². The van der Waals surface area contributed by atoms with E-state index in [9.17, 15) is 4.79 Å². The normalized spacial score (nSPS) is 16.1. The average molecular weight is 473 g/mol. The van der Waals surface area contributed by atoms with Crippen LogP contribution in [0.15, 0.2) is 67.0 Å². The van der Waals surface area contributed by atoms with Crippen LogP contribution in [0.3, 0.4) is 0 Å². The lowest BCUT2D eigenvalue weighted by molar-refractivity contribution is 0.0736. The molecule has 1 N–H and O–H groups in total. The first-order chi connectivity index (χ1) is 17.2. The molecule has 1 aliphatic rings. The lowest BCUT2D eigenvalue weighted by Gasteiger charge is -2.24. The third kappa shape index (κ3) is 5.44. The van der Waals surface area contributed by atoms with Gasteiger partial charge in [0.2, 0.25) is 0 Å². The molecule has 4 aromatic rings. The van der Waals surface area contributed by atoms with E-state index in [4.69, 9.17) is 19.2 Å². The van der Waals surface area contributed by atoms with Crippen LogP contribution in [-0.4, -0.2) is 59.2 Å². The van der Waals surface area contributed by atoms with E-state index in [2.05, 4.69) is 16.0 Å². The summed E-state index contributed by atoms with van der Waals surface area (Å²) in [7, 11) is 1.58. The number of hydrogen-bond donors (Lipinski definition) is 1. The molecule has 1 atom stereocenters. The number of methoxy groups -OCH3 is 1. The molecule has 5 rings (SSSR count). The number of amides is 1. The number of carbonyl (C=O) groups excluding carboxylic acids is 1. The Kier molecular flexibility index (Phi) is 6.90. The monoisotopic (exact) mass is 472 g/mol. The SMILES string of the molecule is COc1ccc(C(=O)N2CCOC[C@@H](Cc3ccc4cc[nH]c4n3)C2)cc1OCc1ccccn1. The number of nitrogens with zero attached hydrogens (tertiary/aromatic N) is 3. The third-order valence-electron chi connectivity index (χ3n) is 6.10. The Hall–Kier alpha value is -3.91. The van der Waals surface area contributed by atoms with E-state index in [1.54, 1.807) is 31.5 Å². The number of fused-ring (bicyclic) bond motifs is 1. The topological polar surface area (TPSA) is 89.6 Å². The molecule has 4 heterocycles. The molecule has 0 spiro atoms. The van der Waals surface area contributed by atoms with Crippen molar-refractivity contribution in [1.82, 2.24) is 19.9 Å². The Bertz CT molecular complexity index is 1290. The highest BCUT2D eigenvalue weighted by Gasteiger charge is 2.25. The molecule has 3 aromatic heterocycles. The summed E-state index contributed by atoms with van der Waals surface area (Å²) in [5.74, 6) is 1.17. The third-order valence-corrected chi connectivity index (χ3v) is 6.10. The first-order valence-corrected chi connectivity index (χ1v) is 11.7. The molecule has 1 aromatic carbocycles. The highest BCUT2D eigenvalue weighted by atomic mass is 16.5. The Balaban J connectivity index is 1.29. The number of pyridine rings is 2. The van der Waals surface area contributed by atoms with E-state index in [0.29, 0.717) is 43.4 Å². The van der Waals surface area contributed by atoms with Gasteiger partial charge in [-0.15, -0.1) is 0 Å². The van der Waals surface area contributed by atoms with Crippen molar-refractivity contribution in [3.8, 4) is 11.5 Å². The van der Waals surface area contributed by atoms with Gasteiger partial charge in [-0.25, -0.2) is 4.98 Å². The van der Waals surface area contributed by atoms with Crippen LogP contribution < -0.4 is 9.47 Å². The number of ether oxygens (including phenoxy) is 3. The molecule has 1 fully saturated rings. The van der Waals surface area contributed by atoms with Crippen LogP contribution in [0.4, 0.5) is 0 Å². The van der Waals surface area contributed by atoms with Crippen LogP contribution in [0.2, 0.25) is 0 Å². The van der Waals surface area contributed by atoms with Crippen molar-refractivity contribution >= 4 is 16.9 Å². The van der Waals surface area contributed by atoms with Crippen molar-refractivity contribution in [3.63, 3.8) is 0 Å². The van der Waals surface area contributed by atoms with Gasteiger partial charge < -0.3 is 24.1 Å². The van der Waals surface area contributed by atoms with Crippen molar-refractivity contribution in [2.75, 3.05) is 33.4 Å². The van der Waals surface area contributed by atoms with Crippen LogP contribution in [0, 0.1) is 5.92 Å². The molecule has 1 amide bonds. The minimum absolute atomic E-state index is 0.0568. The lowest BCUT2D eigenvalue weighted by Crippen LogP contribution is -2.36. The van der Waals surface area contributed by atoms with Gasteiger partial charge in [0, 0.05) is 48.0 Å². The Labute approximate surface area is 203 Å². The minimum Gasteiger partial charge on any atom is -0.493 e. The lowest BCUT2D eigenvalue weighted by atomic mass is 10.0. The fourth-order valence-corrected chi connectivity index (χ4v) is 4.31. The molecule has 8 heteroatoms. The fraction of sp³-hybridized carbons (Fsp3) is 0.296. The maximum Gasteiger partial charge on any atom is 0.254 e. The number of hydrogen-bond acceptors (Lipinski definition) is 6. The zero-order valence-corrected chi connectivity index (χ0v) is 19.6. The van der Waals surface area contributed by atoms with Gasteiger partial charge in [-0.05, 0) is 55.0 Å². The van der Waals surface area contributed by atoms with E-state index in [1.807, 2.05) is 41.4 Å². The summed E-state index contributed by atoms with van der Waals surface area (Å²) >= 11 is 0. The van der Waals surface area contributed by atoms with Crippen molar-refractivity contribution in [2.24, 2.45) is 5.92 Å².